The number of hydrogen-bond acceptors (Lipinski definition) is 4. The molecule has 1 heterocycles. The number of nitrogens with zero attached hydrogens (tertiary/aromatic N) is 3. The van der Waals surface area contributed by atoms with E-state index in [2.05, 4.69) is 9.71 Å². The van der Waals surface area contributed by atoms with Crippen molar-refractivity contribution >= 4 is 27.3 Å². The Labute approximate surface area is 125 Å². The van der Waals surface area contributed by atoms with E-state index >= 15 is 0 Å². The van der Waals surface area contributed by atoms with Crippen LogP contribution in [0.1, 0.15) is 11.1 Å². The molecule has 2 aromatic rings. The summed E-state index contributed by atoms with van der Waals surface area (Å²) < 4.78 is 41.6. The van der Waals surface area contributed by atoms with E-state index in [1.54, 1.807) is 6.07 Å². The third-order valence-electron chi connectivity index (χ3n) is 2.81. The number of aryl methyl sites for hydroxylation is 1. The van der Waals surface area contributed by atoms with Gasteiger partial charge in [-0.1, -0.05) is 11.6 Å². The van der Waals surface area contributed by atoms with Gasteiger partial charge in [-0.3, -0.25) is 4.72 Å². The summed E-state index contributed by atoms with van der Waals surface area (Å²) >= 11 is 5.84. The molecule has 0 radical (unpaired) electrons. The van der Waals surface area contributed by atoms with Gasteiger partial charge in [-0.05, 0) is 19.1 Å². The van der Waals surface area contributed by atoms with Crippen LogP contribution in [-0.2, 0) is 17.1 Å². The second kappa shape index (κ2) is 5.35. The number of hydrogen-bond donors (Lipinski definition) is 1. The van der Waals surface area contributed by atoms with Gasteiger partial charge in [0.15, 0.2) is 0 Å². The van der Waals surface area contributed by atoms with Gasteiger partial charge in [0.2, 0.25) is 5.03 Å². The molecular formula is C12H10ClFN4O2S. The van der Waals surface area contributed by atoms with Crippen molar-refractivity contribution in [2.75, 3.05) is 4.72 Å². The molecule has 110 valence electrons. The fraction of sp³-hybridized carbons (Fsp3) is 0.167. The maximum absolute atomic E-state index is 13.7. The molecule has 0 aliphatic heterocycles. The molecule has 2 rings (SSSR count). The smallest absolute Gasteiger partial charge is 0.282 e. The summed E-state index contributed by atoms with van der Waals surface area (Å²) in [5, 5.41) is 8.37. The Balaban J connectivity index is 2.49. The number of nitrogens with one attached hydrogen (secondary N) is 1. The summed E-state index contributed by atoms with van der Waals surface area (Å²) in [4.78, 5) is 3.70. The molecule has 0 saturated carbocycles. The second-order valence-corrected chi connectivity index (χ2v) is 6.26. The van der Waals surface area contributed by atoms with Gasteiger partial charge < -0.3 is 4.57 Å². The van der Waals surface area contributed by atoms with Gasteiger partial charge in [0.1, 0.15) is 11.0 Å². The van der Waals surface area contributed by atoms with E-state index in [0.29, 0.717) is 0 Å². The van der Waals surface area contributed by atoms with Gasteiger partial charge in [-0.25, -0.2) is 9.37 Å². The lowest BCUT2D eigenvalue weighted by Crippen LogP contribution is -2.15. The van der Waals surface area contributed by atoms with Gasteiger partial charge in [0, 0.05) is 12.6 Å². The highest BCUT2D eigenvalue weighted by atomic mass is 35.5. The quantitative estimate of drug-likeness (QED) is 0.935. The summed E-state index contributed by atoms with van der Waals surface area (Å²) in [6, 6.07) is 4.03. The van der Waals surface area contributed by atoms with Crippen molar-refractivity contribution < 1.29 is 12.8 Å². The zero-order valence-electron chi connectivity index (χ0n) is 11.1. The molecule has 1 N–H and O–H groups in total. The van der Waals surface area contributed by atoms with Gasteiger partial charge in [0.05, 0.1) is 23.6 Å². The van der Waals surface area contributed by atoms with E-state index in [-0.39, 0.29) is 27.0 Å². The number of benzene rings is 1. The molecule has 0 aliphatic rings. The zero-order chi connectivity index (χ0) is 15.8. The predicted molar refractivity (Wildman–Crippen MR) is 74.9 cm³/mol. The average molecular weight is 329 g/mol. The maximum atomic E-state index is 13.7. The first-order chi connectivity index (χ1) is 9.76. The van der Waals surface area contributed by atoms with Crippen molar-refractivity contribution in [3.05, 3.63) is 40.6 Å². The van der Waals surface area contributed by atoms with Crippen molar-refractivity contribution in [3.63, 3.8) is 0 Å². The van der Waals surface area contributed by atoms with Gasteiger partial charge in [0.25, 0.3) is 10.0 Å². The Morgan fingerprint density at radius 2 is 2.14 bits per heavy atom. The summed E-state index contributed by atoms with van der Waals surface area (Å²) in [6.45, 7) is 1.40. The largest absolute Gasteiger partial charge is 0.324 e. The summed E-state index contributed by atoms with van der Waals surface area (Å²) in [5.74, 6) is -0.682. The minimum absolute atomic E-state index is 0.00270. The molecule has 0 bridgehead atoms. The van der Waals surface area contributed by atoms with Crippen molar-refractivity contribution in [2.45, 2.75) is 11.9 Å². The average Bonchev–Trinajstić information content (AvgIpc) is 2.75. The van der Waals surface area contributed by atoms with Gasteiger partial charge >= 0.3 is 0 Å². The molecule has 0 atom stereocenters. The van der Waals surface area contributed by atoms with Crippen LogP contribution in [-0.4, -0.2) is 18.0 Å². The molecule has 0 spiro atoms. The van der Waals surface area contributed by atoms with Crippen LogP contribution in [0.15, 0.2) is 23.5 Å². The van der Waals surface area contributed by atoms with E-state index in [0.717, 1.165) is 6.07 Å². The first kappa shape index (κ1) is 15.3. The predicted octanol–water partition coefficient (Wildman–Crippen LogP) is 2.19. The number of rotatable bonds is 3. The molecule has 21 heavy (non-hydrogen) atoms. The molecule has 1 aromatic heterocycles. The highest BCUT2D eigenvalue weighted by Gasteiger charge is 2.23. The molecular weight excluding hydrogens is 319 g/mol. The van der Waals surface area contributed by atoms with Crippen LogP contribution in [0.5, 0.6) is 0 Å². The summed E-state index contributed by atoms with van der Waals surface area (Å²) in [5.41, 5.74) is 0.0424. The van der Waals surface area contributed by atoms with E-state index in [1.165, 1.54) is 30.9 Å². The van der Waals surface area contributed by atoms with Crippen LogP contribution < -0.4 is 4.72 Å². The Hall–Kier alpha value is -2.11. The third-order valence-corrected chi connectivity index (χ3v) is 4.66. The van der Waals surface area contributed by atoms with Crippen LogP contribution in [0.3, 0.4) is 0 Å². The Kier molecular flexibility index (Phi) is 3.89. The third kappa shape index (κ3) is 2.84. The maximum Gasteiger partial charge on any atom is 0.282 e. The normalized spacial score (nSPS) is 11.2. The number of halogens is 2. The Bertz CT molecular complexity index is 855. The van der Waals surface area contributed by atoms with Crippen molar-refractivity contribution in [1.82, 2.24) is 9.55 Å². The van der Waals surface area contributed by atoms with Crippen molar-refractivity contribution in [3.8, 4) is 6.07 Å². The second-order valence-electron chi connectivity index (χ2n) is 4.30. The van der Waals surface area contributed by atoms with Crippen molar-refractivity contribution in [2.24, 2.45) is 7.05 Å². The topological polar surface area (TPSA) is 87.8 Å². The standard InChI is InChI=1S/C12H10ClFN4O2S/c1-7-9(14)3-8(5-15)4-10(7)17-21(19,20)12-11(13)18(2)6-16-12/h3-4,6,17H,1-2H3. The van der Waals surface area contributed by atoms with Crippen molar-refractivity contribution in [1.29, 1.82) is 5.26 Å². The highest BCUT2D eigenvalue weighted by Crippen LogP contribution is 2.25. The first-order valence-corrected chi connectivity index (χ1v) is 7.52. The number of aromatic nitrogens is 2. The Morgan fingerprint density at radius 1 is 1.48 bits per heavy atom. The van der Waals surface area contributed by atoms with Gasteiger partial charge in [-0.15, -0.1) is 0 Å². The van der Waals surface area contributed by atoms with E-state index < -0.39 is 15.8 Å². The zero-order valence-corrected chi connectivity index (χ0v) is 12.6. The highest BCUT2D eigenvalue weighted by molar-refractivity contribution is 7.92. The number of nitriles is 1. The molecule has 1 aromatic carbocycles. The van der Waals surface area contributed by atoms with Crippen LogP contribution in [0.4, 0.5) is 10.1 Å². The lowest BCUT2D eigenvalue weighted by atomic mass is 10.1. The van der Waals surface area contributed by atoms with Crippen LogP contribution >= 0.6 is 11.6 Å². The minimum Gasteiger partial charge on any atom is -0.324 e. The molecule has 6 nitrogen and oxygen atoms in total. The lowest BCUT2D eigenvalue weighted by Gasteiger charge is -2.10. The van der Waals surface area contributed by atoms with Crippen LogP contribution in [0, 0.1) is 24.1 Å². The fourth-order valence-electron chi connectivity index (χ4n) is 1.62. The monoisotopic (exact) mass is 328 g/mol. The molecule has 0 saturated heterocycles. The summed E-state index contributed by atoms with van der Waals surface area (Å²) in [7, 11) is -2.54. The first-order valence-electron chi connectivity index (χ1n) is 5.66. The number of imidazole rings is 1. The number of sulfonamides is 1. The number of anilines is 1. The van der Waals surface area contributed by atoms with Crippen LogP contribution in [0.2, 0.25) is 5.15 Å². The summed E-state index contributed by atoms with van der Waals surface area (Å²) in [6.07, 6.45) is 1.25. The van der Waals surface area contributed by atoms with Crippen LogP contribution in [0.25, 0.3) is 0 Å². The molecule has 0 amide bonds. The SMILES string of the molecule is Cc1c(F)cc(C#N)cc1NS(=O)(=O)c1ncn(C)c1Cl. The minimum atomic E-state index is -4.08. The van der Waals surface area contributed by atoms with E-state index in [4.69, 9.17) is 16.9 Å². The fourth-order valence-corrected chi connectivity index (χ4v) is 3.16. The molecule has 0 unspecified atom stereocenters. The van der Waals surface area contributed by atoms with Gasteiger partial charge in [-0.2, -0.15) is 13.7 Å². The molecule has 0 fully saturated rings. The molecule has 0 aliphatic carbocycles. The molecule has 9 heteroatoms. The Morgan fingerprint density at radius 3 is 2.67 bits per heavy atom. The van der Waals surface area contributed by atoms with E-state index in [1.807, 2.05) is 0 Å². The lowest BCUT2D eigenvalue weighted by molar-refractivity contribution is 0.597. The van der Waals surface area contributed by atoms with E-state index in [9.17, 15) is 12.8 Å².